The Hall–Kier alpha value is -3.50. The van der Waals surface area contributed by atoms with Gasteiger partial charge in [0.1, 0.15) is 0 Å². The van der Waals surface area contributed by atoms with Crippen molar-refractivity contribution in [3.63, 3.8) is 0 Å². The number of amides is 1. The van der Waals surface area contributed by atoms with E-state index in [0.717, 1.165) is 12.0 Å². The highest BCUT2D eigenvalue weighted by atomic mass is 16.2. The van der Waals surface area contributed by atoms with Crippen LogP contribution in [0.5, 0.6) is 0 Å². The highest BCUT2D eigenvalue weighted by Crippen LogP contribution is 2.27. The summed E-state index contributed by atoms with van der Waals surface area (Å²) >= 11 is 0. The summed E-state index contributed by atoms with van der Waals surface area (Å²) in [6.45, 7) is 6.40. The zero-order chi connectivity index (χ0) is 24.6. The summed E-state index contributed by atoms with van der Waals surface area (Å²) in [5, 5.41) is 0. The maximum atomic E-state index is 13.8. The molecule has 1 aliphatic rings. The monoisotopic (exact) mass is 466 g/mol. The number of allylic oxidation sites excluding steroid dienone is 1. The van der Waals surface area contributed by atoms with E-state index in [1.165, 1.54) is 16.7 Å². The molecular weight excluding hydrogens is 432 g/mol. The molecule has 0 spiro atoms. The minimum absolute atomic E-state index is 0.0547. The van der Waals surface area contributed by atoms with E-state index in [2.05, 4.69) is 42.2 Å². The number of benzene rings is 3. The van der Waals surface area contributed by atoms with Gasteiger partial charge in [0.05, 0.1) is 12.6 Å². The summed E-state index contributed by atoms with van der Waals surface area (Å²) in [5.74, 6) is 0.167. The number of piperazine rings is 1. The standard InChI is InChI=1S/C31H34N2O2/c1-3-26(28-17-11-10-12-24(28)2)22-29-31(35)32(19-18-25-13-6-4-7-14-25)20-21-33(29)23-30(34)27-15-8-5-9-16-27/h3-17,29H,18-23H2,1-2H3/b26-3-. The van der Waals surface area contributed by atoms with Gasteiger partial charge in [-0.25, -0.2) is 0 Å². The zero-order valence-corrected chi connectivity index (χ0v) is 20.7. The summed E-state index contributed by atoms with van der Waals surface area (Å²) in [7, 11) is 0. The molecule has 1 amide bonds. The van der Waals surface area contributed by atoms with Gasteiger partial charge in [-0.15, -0.1) is 0 Å². The third-order valence-corrected chi connectivity index (χ3v) is 6.90. The van der Waals surface area contributed by atoms with Crippen molar-refractivity contribution in [1.29, 1.82) is 0 Å². The van der Waals surface area contributed by atoms with E-state index in [-0.39, 0.29) is 24.3 Å². The summed E-state index contributed by atoms with van der Waals surface area (Å²) in [6.07, 6.45) is 3.52. The van der Waals surface area contributed by atoms with E-state index in [1.807, 2.05) is 72.5 Å². The summed E-state index contributed by atoms with van der Waals surface area (Å²) in [5.41, 5.74) is 5.42. The van der Waals surface area contributed by atoms with Crippen molar-refractivity contribution >= 4 is 17.3 Å². The first kappa shape index (κ1) is 24.6. The molecule has 1 fully saturated rings. The van der Waals surface area contributed by atoms with Crippen LogP contribution in [0.4, 0.5) is 0 Å². The van der Waals surface area contributed by atoms with E-state index in [1.54, 1.807) is 0 Å². The molecule has 1 unspecified atom stereocenters. The topological polar surface area (TPSA) is 40.6 Å². The van der Waals surface area contributed by atoms with Crippen LogP contribution in [0.2, 0.25) is 0 Å². The zero-order valence-electron chi connectivity index (χ0n) is 20.7. The largest absolute Gasteiger partial charge is 0.340 e. The maximum absolute atomic E-state index is 13.8. The smallest absolute Gasteiger partial charge is 0.240 e. The molecule has 0 N–H and O–H groups in total. The SMILES string of the molecule is C/C=C(/CC1C(=O)N(CCc2ccccc2)CCN1CC(=O)c1ccccc1)c1ccccc1C. The number of carbonyl (C=O) groups excluding carboxylic acids is 2. The number of rotatable bonds is 9. The Bertz CT molecular complexity index is 1170. The van der Waals surface area contributed by atoms with Crippen molar-refractivity contribution < 1.29 is 9.59 Å². The van der Waals surface area contributed by atoms with Gasteiger partial charge in [0.15, 0.2) is 5.78 Å². The van der Waals surface area contributed by atoms with Crippen LogP contribution in [-0.4, -0.2) is 53.7 Å². The molecule has 35 heavy (non-hydrogen) atoms. The first-order valence-corrected chi connectivity index (χ1v) is 12.4. The van der Waals surface area contributed by atoms with Crippen molar-refractivity contribution in [2.24, 2.45) is 0 Å². The predicted octanol–water partition coefficient (Wildman–Crippen LogP) is 5.43. The van der Waals surface area contributed by atoms with Gasteiger partial charge in [0, 0.05) is 25.2 Å². The number of carbonyl (C=O) groups is 2. The van der Waals surface area contributed by atoms with Crippen LogP contribution in [0, 0.1) is 6.92 Å². The van der Waals surface area contributed by atoms with Crippen LogP contribution in [0.3, 0.4) is 0 Å². The lowest BCUT2D eigenvalue weighted by molar-refractivity contribution is -0.141. The number of Topliss-reactive ketones (excluding diaryl/α,β-unsaturated/α-hetero) is 1. The second-order valence-electron chi connectivity index (χ2n) is 9.17. The maximum Gasteiger partial charge on any atom is 0.240 e. The number of hydrogen-bond donors (Lipinski definition) is 0. The molecule has 1 aliphatic heterocycles. The normalized spacial score (nSPS) is 17.0. The Morgan fingerprint density at radius 1 is 0.914 bits per heavy atom. The van der Waals surface area contributed by atoms with Crippen molar-refractivity contribution in [3.8, 4) is 0 Å². The Balaban J connectivity index is 1.55. The molecule has 4 heteroatoms. The second kappa shape index (κ2) is 11.8. The highest BCUT2D eigenvalue weighted by Gasteiger charge is 2.36. The van der Waals surface area contributed by atoms with Gasteiger partial charge < -0.3 is 4.90 Å². The van der Waals surface area contributed by atoms with Crippen molar-refractivity contribution in [2.75, 3.05) is 26.2 Å². The van der Waals surface area contributed by atoms with Crippen LogP contribution in [0.25, 0.3) is 5.57 Å². The number of ketones is 1. The molecule has 1 atom stereocenters. The molecular formula is C31H34N2O2. The fraction of sp³-hybridized carbons (Fsp3) is 0.290. The van der Waals surface area contributed by atoms with Crippen molar-refractivity contribution in [1.82, 2.24) is 9.80 Å². The fourth-order valence-electron chi connectivity index (χ4n) is 4.84. The highest BCUT2D eigenvalue weighted by molar-refractivity contribution is 5.98. The van der Waals surface area contributed by atoms with Gasteiger partial charge in [-0.1, -0.05) is 91.0 Å². The Labute approximate surface area is 208 Å². The molecule has 1 saturated heterocycles. The number of aryl methyl sites for hydroxylation is 1. The molecule has 0 bridgehead atoms. The Morgan fingerprint density at radius 2 is 1.57 bits per heavy atom. The van der Waals surface area contributed by atoms with E-state index < -0.39 is 0 Å². The summed E-state index contributed by atoms with van der Waals surface area (Å²) in [4.78, 5) is 30.9. The molecule has 0 aliphatic carbocycles. The minimum atomic E-state index is -0.363. The van der Waals surface area contributed by atoms with Crippen molar-refractivity contribution in [3.05, 3.63) is 113 Å². The summed E-state index contributed by atoms with van der Waals surface area (Å²) in [6, 6.07) is 27.6. The van der Waals surface area contributed by atoms with Gasteiger partial charge in [-0.05, 0) is 49.0 Å². The molecule has 3 aromatic rings. The molecule has 0 aromatic heterocycles. The lowest BCUT2D eigenvalue weighted by Gasteiger charge is -2.41. The minimum Gasteiger partial charge on any atom is -0.340 e. The predicted molar refractivity (Wildman–Crippen MR) is 142 cm³/mol. The van der Waals surface area contributed by atoms with Gasteiger partial charge in [-0.3, -0.25) is 14.5 Å². The van der Waals surface area contributed by atoms with E-state index in [9.17, 15) is 9.59 Å². The lowest BCUT2D eigenvalue weighted by atomic mass is 9.92. The molecule has 1 heterocycles. The third-order valence-electron chi connectivity index (χ3n) is 6.90. The molecule has 180 valence electrons. The molecule has 0 saturated carbocycles. The van der Waals surface area contributed by atoms with Gasteiger partial charge in [0.2, 0.25) is 5.91 Å². The Kier molecular flexibility index (Phi) is 8.27. The Morgan fingerprint density at radius 3 is 2.26 bits per heavy atom. The van der Waals surface area contributed by atoms with Gasteiger partial charge >= 0.3 is 0 Å². The van der Waals surface area contributed by atoms with Crippen LogP contribution in [0.1, 0.15) is 40.4 Å². The second-order valence-corrected chi connectivity index (χ2v) is 9.17. The molecule has 4 nitrogen and oxygen atoms in total. The molecule has 0 radical (unpaired) electrons. The number of nitrogens with zero attached hydrogens (tertiary/aromatic N) is 2. The van der Waals surface area contributed by atoms with Crippen LogP contribution in [0.15, 0.2) is 91.0 Å². The molecule has 4 rings (SSSR count). The molecule has 3 aromatic carbocycles. The summed E-state index contributed by atoms with van der Waals surface area (Å²) < 4.78 is 0. The average Bonchev–Trinajstić information content (AvgIpc) is 2.90. The van der Waals surface area contributed by atoms with E-state index in [4.69, 9.17) is 0 Å². The van der Waals surface area contributed by atoms with Gasteiger partial charge in [-0.2, -0.15) is 0 Å². The van der Waals surface area contributed by atoms with Crippen LogP contribution < -0.4 is 0 Å². The van der Waals surface area contributed by atoms with Crippen LogP contribution in [-0.2, 0) is 11.2 Å². The third kappa shape index (κ3) is 6.14. The quantitative estimate of drug-likeness (QED) is 0.395. The van der Waals surface area contributed by atoms with Crippen LogP contribution >= 0.6 is 0 Å². The van der Waals surface area contributed by atoms with Gasteiger partial charge in [0.25, 0.3) is 0 Å². The van der Waals surface area contributed by atoms with E-state index in [0.29, 0.717) is 31.6 Å². The lowest BCUT2D eigenvalue weighted by Crippen LogP contribution is -2.58. The number of hydrogen-bond acceptors (Lipinski definition) is 3. The van der Waals surface area contributed by atoms with E-state index >= 15 is 0 Å². The van der Waals surface area contributed by atoms with Crippen molar-refractivity contribution in [2.45, 2.75) is 32.7 Å². The fourth-order valence-corrected chi connectivity index (χ4v) is 4.84. The average molecular weight is 467 g/mol. The first-order valence-electron chi connectivity index (χ1n) is 12.4. The first-order chi connectivity index (χ1) is 17.1.